The minimum Gasteiger partial charge on any atom is -0.366 e. The summed E-state index contributed by atoms with van der Waals surface area (Å²) in [5.74, 6) is -1.94. The van der Waals surface area contributed by atoms with Crippen LogP contribution in [0.2, 0.25) is 5.02 Å². The first-order valence-corrected chi connectivity index (χ1v) is 6.43. The number of carbonyl (C=O) groups excluding carboxylic acids is 2. The molecule has 0 radical (unpaired) electrons. The van der Waals surface area contributed by atoms with Gasteiger partial charge in [-0.3, -0.25) is 9.59 Å². The zero-order valence-electron chi connectivity index (χ0n) is 11.1. The Bertz CT molecular complexity index is 732. The van der Waals surface area contributed by atoms with Gasteiger partial charge < -0.3 is 11.1 Å². The molecule has 0 spiro atoms. The molecule has 0 aliphatic carbocycles. The van der Waals surface area contributed by atoms with Gasteiger partial charge in [0.1, 0.15) is 5.82 Å². The fraction of sp³-hybridized carbons (Fsp3) is 0.0667. The van der Waals surface area contributed by atoms with Crippen molar-refractivity contribution < 1.29 is 14.0 Å². The molecule has 2 aromatic rings. The quantitative estimate of drug-likeness (QED) is 0.914. The van der Waals surface area contributed by atoms with Gasteiger partial charge in [0.15, 0.2) is 0 Å². The molecule has 0 heterocycles. The number of anilines is 1. The smallest absolute Gasteiger partial charge is 0.258 e. The molecule has 108 valence electrons. The summed E-state index contributed by atoms with van der Waals surface area (Å²) in [6.45, 7) is 1.73. The van der Waals surface area contributed by atoms with Crippen LogP contribution >= 0.6 is 11.6 Å². The largest absolute Gasteiger partial charge is 0.366 e. The third kappa shape index (κ3) is 3.38. The van der Waals surface area contributed by atoms with Gasteiger partial charge in [-0.25, -0.2) is 4.39 Å². The third-order valence-electron chi connectivity index (χ3n) is 2.86. The number of benzene rings is 2. The molecular weight excluding hydrogens is 295 g/mol. The third-order valence-corrected chi connectivity index (χ3v) is 3.19. The Morgan fingerprint density at radius 3 is 2.48 bits per heavy atom. The van der Waals surface area contributed by atoms with Gasteiger partial charge in [-0.2, -0.15) is 0 Å². The summed E-state index contributed by atoms with van der Waals surface area (Å²) < 4.78 is 13.7. The minimum atomic E-state index is -0.711. The van der Waals surface area contributed by atoms with Crippen LogP contribution in [0.3, 0.4) is 0 Å². The predicted molar refractivity (Wildman–Crippen MR) is 79.1 cm³/mol. The van der Waals surface area contributed by atoms with E-state index in [1.807, 2.05) is 0 Å². The lowest BCUT2D eigenvalue weighted by atomic mass is 10.1. The van der Waals surface area contributed by atoms with Crippen LogP contribution in [0.5, 0.6) is 0 Å². The molecule has 0 saturated heterocycles. The molecule has 0 bridgehead atoms. The number of nitrogens with two attached hydrogens (primary N) is 1. The Kier molecular flexibility index (Phi) is 4.23. The number of hydrogen-bond donors (Lipinski definition) is 2. The van der Waals surface area contributed by atoms with Crippen molar-refractivity contribution in [2.75, 3.05) is 5.32 Å². The van der Waals surface area contributed by atoms with Crippen molar-refractivity contribution in [2.45, 2.75) is 6.92 Å². The minimum absolute atomic E-state index is 0.0823. The molecule has 0 atom stereocenters. The van der Waals surface area contributed by atoms with E-state index in [1.165, 1.54) is 30.3 Å². The predicted octanol–water partition coefficient (Wildman–Crippen LogP) is 3.14. The van der Waals surface area contributed by atoms with Gasteiger partial charge in [-0.1, -0.05) is 17.7 Å². The molecule has 0 aromatic heterocycles. The van der Waals surface area contributed by atoms with Crippen molar-refractivity contribution in [3.05, 3.63) is 63.9 Å². The second-order valence-corrected chi connectivity index (χ2v) is 4.90. The van der Waals surface area contributed by atoms with E-state index < -0.39 is 17.6 Å². The van der Waals surface area contributed by atoms with Crippen LogP contribution in [-0.4, -0.2) is 11.8 Å². The van der Waals surface area contributed by atoms with Gasteiger partial charge >= 0.3 is 0 Å². The lowest BCUT2D eigenvalue weighted by molar-refractivity contribution is 0.0995. The summed E-state index contributed by atoms with van der Waals surface area (Å²) >= 11 is 5.81. The van der Waals surface area contributed by atoms with Crippen LogP contribution in [0.4, 0.5) is 10.1 Å². The van der Waals surface area contributed by atoms with Gasteiger partial charge in [0, 0.05) is 5.69 Å². The van der Waals surface area contributed by atoms with E-state index in [-0.39, 0.29) is 16.1 Å². The molecule has 0 aliphatic heterocycles. The first-order chi connectivity index (χ1) is 9.88. The number of carbonyl (C=O) groups is 2. The zero-order chi connectivity index (χ0) is 15.6. The Morgan fingerprint density at radius 2 is 1.86 bits per heavy atom. The highest BCUT2D eigenvalue weighted by Gasteiger charge is 2.13. The van der Waals surface area contributed by atoms with Crippen molar-refractivity contribution >= 4 is 29.1 Å². The summed E-state index contributed by atoms with van der Waals surface area (Å²) in [6, 6.07) is 8.57. The summed E-state index contributed by atoms with van der Waals surface area (Å²) in [5, 5.41) is 2.68. The first-order valence-electron chi connectivity index (χ1n) is 6.05. The molecule has 2 amide bonds. The zero-order valence-corrected chi connectivity index (χ0v) is 11.9. The number of nitrogens with one attached hydrogen (secondary N) is 1. The molecule has 0 saturated carbocycles. The summed E-state index contributed by atoms with van der Waals surface area (Å²) in [6.07, 6.45) is 0. The van der Waals surface area contributed by atoms with Gasteiger partial charge in [0.05, 0.1) is 16.1 Å². The number of aryl methyl sites for hydroxylation is 1. The fourth-order valence-corrected chi connectivity index (χ4v) is 2.01. The van der Waals surface area contributed by atoms with Crippen LogP contribution in [0, 0.1) is 12.7 Å². The maximum atomic E-state index is 13.7. The molecular formula is C15H12ClFN2O2. The molecule has 3 N–H and O–H groups in total. The molecule has 4 nitrogen and oxygen atoms in total. The number of rotatable bonds is 3. The van der Waals surface area contributed by atoms with Crippen molar-refractivity contribution in [1.29, 1.82) is 0 Å². The van der Waals surface area contributed by atoms with Crippen molar-refractivity contribution in [2.24, 2.45) is 5.73 Å². The molecule has 0 unspecified atom stereocenters. The number of amides is 2. The van der Waals surface area contributed by atoms with Crippen LogP contribution in [0.1, 0.15) is 26.3 Å². The second-order valence-electron chi connectivity index (χ2n) is 4.50. The van der Waals surface area contributed by atoms with E-state index in [0.717, 1.165) is 0 Å². The normalized spacial score (nSPS) is 10.2. The van der Waals surface area contributed by atoms with Gasteiger partial charge in [-0.05, 0) is 42.8 Å². The van der Waals surface area contributed by atoms with E-state index in [9.17, 15) is 14.0 Å². The first kappa shape index (κ1) is 15.0. The van der Waals surface area contributed by atoms with Crippen molar-refractivity contribution in [3.63, 3.8) is 0 Å². The van der Waals surface area contributed by atoms with Gasteiger partial charge in [0.2, 0.25) is 5.91 Å². The number of hydrogen-bond acceptors (Lipinski definition) is 2. The maximum Gasteiger partial charge on any atom is 0.258 e. The highest BCUT2D eigenvalue weighted by Crippen LogP contribution is 2.21. The van der Waals surface area contributed by atoms with Crippen LogP contribution in [-0.2, 0) is 0 Å². The maximum absolute atomic E-state index is 13.7. The monoisotopic (exact) mass is 306 g/mol. The average Bonchev–Trinajstić information content (AvgIpc) is 2.40. The van der Waals surface area contributed by atoms with E-state index in [0.29, 0.717) is 11.3 Å². The Morgan fingerprint density at radius 1 is 1.14 bits per heavy atom. The number of halogens is 2. The Labute approximate surface area is 125 Å². The van der Waals surface area contributed by atoms with Gasteiger partial charge in [-0.15, -0.1) is 0 Å². The Balaban J connectivity index is 2.27. The summed E-state index contributed by atoms with van der Waals surface area (Å²) in [7, 11) is 0. The van der Waals surface area contributed by atoms with E-state index in [2.05, 4.69) is 5.32 Å². The summed E-state index contributed by atoms with van der Waals surface area (Å²) in [4.78, 5) is 23.2. The Hall–Kier alpha value is -2.40. The van der Waals surface area contributed by atoms with Crippen LogP contribution in [0.25, 0.3) is 0 Å². The number of primary amides is 1. The topological polar surface area (TPSA) is 72.2 Å². The van der Waals surface area contributed by atoms with Crippen LogP contribution < -0.4 is 11.1 Å². The highest BCUT2D eigenvalue weighted by atomic mass is 35.5. The van der Waals surface area contributed by atoms with Gasteiger partial charge in [0.25, 0.3) is 5.91 Å². The molecule has 0 fully saturated rings. The molecule has 0 aliphatic rings. The standard InChI is InChI=1S/C15H12ClFN2O2/c1-8-2-4-10(13(17)6-8)15(21)19-9-3-5-12(16)11(7-9)14(18)20/h2-7H,1H3,(H2,18,20)(H,19,21). The summed E-state index contributed by atoms with van der Waals surface area (Å²) in [5.41, 5.74) is 6.18. The van der Waals surface area contributed by atoms with Crippen molar-refractivity contribution in [3.8, 4) is 0 Å². The van der Waals surface area contributed by atoms with Crippen molar-refractivity contribution in [1.82, 2.24) is 0 Å². The highest BCUT2D eigenvalue weighted by molar-refractivity contribution is 6.34. The lowest BCUT2D eigenvalue weighted by Crippen LogP contribution is -2.16. The van der Waals surface area contributed by atoms with E-state index in [4.69, 9.17) is 17.3 Å². The molecule has 21 heavy (non-hydrogen) atoms. The SMILES string of the molecule is Cc1ccc(C(=O)Nc2ccc(Cl)c(C(N)=O)c2)c(F)c1. The van der Waals surface area contributed by atoms with E-state index in [1.54, 1.807) is 13.0 Å². The molecule has 2 aromatic carbocycles. The van der Waals surface area contributed by atoms with E-state index >= 15 is 0 Å². The lowest BCUT2D eigenvalue weighted by Gasteiger charge is -2.08. The molecule has 2 rings (SSSR count). The average molecular weight is 307 g/mol. The fourth-order valence-electron chi connectivity index (χ4n) is 1.79. The second kappa shape index (κ2) is 5.93. The molecule has 6 heteroatoms. The van der Waals surface area contributed by atoms with Crippen LogP contribution in [0.15, 0.2) is 36.4 Å².